The third-order valence-electron chi connectivity index (χ3n) is 7.04. The van der Waals surface area contributed by atoms with Gasteiger partial charge < -0.3 is 25.8 Å². The van der Waals surface area contributed by atoms with Gasteiger partial charge in [-0.15, -0.1) is 22.7 Å². The molecule has 0 aliphatic carbocycles. The van der Waals surface area contributed by atoms with Crippen molar-refractivity contribution in [2.45, 2.75) is 38.8 Å². The van der Waals surface area contributed by atoms with Crippen LogP contribution in [-0.4, -0.2) is 68.1 Å². The summed E-state index contributed by atoms with van der Waals surface area (Å²) < 4.78 is 0. The molecule has 1 aliphatic rings. The largest absolute Gasteiger partial charge is 0.351 e. The Morgan fingerprint density at radius 3 is 2.40 bits per heavy atom. The Balaban J connectivity index is 1.48. The van der Waals surface area contributed by atoms with E-state index in [1.54, 1.807) is 10.8 Å². The summed E-state index contributed by atoms with van der Waals surface area (Å²) in [4.78, 5) is 81.6. The first-order chi connectivity index (χ1) is 21.7. The molecule has 4 aromatic rings. The van der Waals surface area contributed by atoms with Gasteiger partial charge in [-0.25, -0.2) is 9.97 Å². The molecule has 0 unspecified atom stereocenters. The van der Waals surface area contributed by atoms with Gasteiger partial charge in [0.05, 0.1) is 31.0 Å². The molecule has 4 amide bonds. The number of hydrogen-bond donors (Lipinski definition) is 4. The van der Waals surface area contributed by atoms with Crippen LogP contribution in [0.2, 0.25) is 0 Å². The number of rotatable bonds is 4. The van der Waals surface area contributed by atoms with Crippen LogP contribution in [0.15, 0.2) is 58.3 Å². The molecule has 2 atom stereocenters. The number of carbonyl (C=O) groups excluding carboxylic acids is 4. The smallest absolute Gasteiger partial charge is 0.272 e. The molecular formula is C30H32N8O5S2. The molecule has 15 heteroatoms. The minimum absolute atomic E-state index is 0.0217. The van der Waals surface area contributed by atoms with Crippen molar-refractivity contribution in [1.82, 2.24) is 40.8 Å². The van der Waals surface area contributed by atoms with Crippen LogP contribution in [-0.2, 0) is 11.2 Å². The Labute approximate surface area is 266 Å². The molecule has 4 bridgehead atoms. The fraction of sp³-hybridized carbons (Fsp3) is 0.333. The summed E-state index contributed by atoms with van der Waals surface area (Å²) in [6, 6.07) is 8.50. The summed E-state index contributed by atoms with van der Waals surface area (Å²) >= 11 is 2.53. The molecule has 1 aromatic carbocycles. The summed E-state index contributed by atoms with van der Waals surface area (Å²) in [5.74, 6) is -1.88. The fourth-order valence-corrected chi connectivity index (χ4v) is 6.62. The summed E-state index contributed by atoms with van der Waals surface area (Å²) in [5.41, 5.74) is 0.733. The first kappa shape index (κ1) is 31.7. The lowest BCUT2D eigenvalue weighted by atomic mass is 10.0. The number of benzene rings is 1. The quantitative estimate of drug-likeness (QED) is 0.261. The van der Waals surface area contributed by atoms with Crippen molar-refractivity contribution in [2.75, 3.05) is 19.6 Å². The predicted octanol–water partition coefficient (Wildman–Crippen LogP) is 2.49. The molecule has 3 aromatic heterocycles. The highest BCUT2D eigenvalue weighted by atomic mass is 32.1. The van der Waals surface area contributed by atoms with Crippen LogP contribution in [0.25, 0.3) is 0 Å². The van der Waals surface area contributed by atoms with Crippen molar-refractivity contribution in [2.24, 2.45) is 5.92 Å². The maximum atomic E-state index is 13.5. The molecule has 0 fully saturated rings. The molecule has 4 N–H and O–H groups in total. The van der Waals surface area contributed by atoms with E-state index in [1.807, 2.05) is 44.2 Å². The number of H-pyrrole nitrogens is 1. The summed E-state index contributed by atoms with van der Waals surface area (Å²) in [6.45, 7) is 3.87. The first-order valence-electron chi connectivity index (χ1n) is 14.3. The average molecular weight is 649 g/mol. The van der Waals surface area contributed by atoms with Crippen molar-refractivity contribution in [3.63, 3.8) is 0 Å². The van der Waals surface area contributed by atoms with E-state index in [-0.39, 0.29) is 42.6 Å². The molecule has 4 heterocycles. The second-order valence-electron chi connectivity index (χ2n) is 10.8. The Morgan fingerprint density at radius 1 is 0.956 bits per heavy atom. The van der Waals surface area contributed by atoms with Gasteiger partial charge in [-0.2, -0.15) is 0 Å². The molecule has 45 heavy (non-hydrogen) atoms. The lowest BCUT2D eigenvalue weighted by Gasteiger charge is -2.24. The van der Waals surface area contributed by atoms with Crippen molar-refractivity contribution >= 4 is 46.3 Å². The van der Waals surface area contributed by atoms with Gasteiger partial charge >= 0.3 is 0 Å². The molecular weight excluding hydrogens is 617 g/mol. The predicted molar refractivity (Wildman–Crippen MR) is 168 cm³/mol. The molecule has 13 nitrogen and oxygen atoms in total. The summed E-state index contributed by atoms with van der Waals surface area (Å²) in [6.07, 6.45) is 2.99. The molecule has 0 saturated carbocycles. The van der Waals surface area contributed by atoms with Gasteiger partial charge in [-0.1, -0.05) is 44.2 Å². The van der Waals surface area contributed by atoms with Gasteiger partial charge in [-0.3, -0.25) is 29.0 Å². The van der Waals surface area contributed by atoms with Crippen LogP contribution < -0.4 is 21.5 Å². The second-order valence-corrected chi connectivity index (χ2v) is 12.6. The van der Waals surface area contributed by atoms with Crippen molar-refractivity contribution in [3.8, 4) is 0 Å². The third-order valence-corrected chi connectivity index (χ3v) is 8.93. The average Bonchev–Trinajstić information content (AvgIpc) is 3.72. The number of carbonyl (C=O) groups is 4. The number of thiazole rings is 2. The van der Waals surface area contributed by atoms with Crippen LogP contribution in [0, 0.1) is 5.92 Å². The summed E-state index contributed by atoms with van der Waals surface area (Å²) in [5, 5.41) is 13.2. The van der Waals surface area contributed by atoms with Crippen LogP contribution in [0.3, 0.4) is 0 Å². The lowest BCUT2D eigenvalue weighted by molar-refractivity contribution is -0.122. The fourth-order valence-electron chi connectivity index (χ4n) is 4.75. The zero-order valence-electron chi connectivity index (χ0n) is 24.6. The van der Waals surface area contributed by atoms with Crippen LogP contribution in [0.4, 0.5) is 0 Å². The van der Waals surface area contributed by atoms with Crippen molar-refractivity contribution in [1.29, 1.82) is 0 Å². The number of nitrogens with one attached hydrogen (secondary N) is 4. The monoisotopic (exact) mass is 648 g/mol. The maximum Gasteiger partial charge on any atom is 0.272 e. The highest BCUT2D eigenvalue weighted by Gasteiger charge is 2.28. The number of nitrogens with zero attached hydrogens (tertiary/aromatic N) is 4. The van der Waals surface area contributed by atoms with Crippen molar-refractivity contribution in [3.05, 3.63) is 96.5 Å². The van der Waals surface area contributed by atoms with E-state index in [1.165, 1.54) is 33.8 Å². The van der Waals surface area contributed by atoms with Gasteiger partial charge in [0.2, 0.25) is 5.91 Å². The highest BCUT2D eigenvalue weighted by Crippen LogP contribution is 2.27. The normalized spacial score (nSPS) is 18.3. The lowest BCUT2D eigenvalue weighted by Crippen LogP contribution is -2.44. The first-order valence-corrected chi connectivity index (χ1v) is 16.1. The molecule has 0 radical (unpaired) electrons. The Morgan fingerprint density at radius 2 is 1.67 bits per heavy atom. The zero-order chi connectivity index (χ0) is 31.9. The summed E-state index contributed by atoms with van der Waals surface area (Å²) in [7, 11) is 0. The van der Waals surface area contributed by atoms with E-state index < -0.39 is 41.3 Å². The Bertz CT molecular complexity index is 1730. The number of aromatic nitrogens is 4. The maximum absolute atomic E-state index is 13.5. The SMILES string of the molecule is CC(C)[C@@H]1NC(=O)c2csc(n2)[C@H](Cc2ccccc2)NC(=O)CN(C(=O)c2cncc(=O)[nH]2)CCCNC(=O)c2csc1n2. The van der Waals surface area contributed by atoms with Gasteiger partial charge in [0, 0.05) is 23.8 Å². The zero-order valence-corrected chi connectivity index (χ0v) is 26.2. The van der Waals surface area contributed by atoms with E-state index in [2.05, 4.69) is 35.9 Å². The van der Waals surface area contributed by atoms with E-state index in [9.17, 15) is 24.0 Å². The van der Waals surface area contributed by atoms with E-state index >= 15 is 0 Å². The molecule has 0 spiro atoms. The Hall–Kier alpha value is -4.76. The molecule has 5 rings (SSSR count). The topological polar surface area (TPSA) is 179 Å². The number of hydrogen-bond acceptors (Lipinski definition) is 10. The molecule has 1 aliphatic heterocycles. The molecule has 234 valence electrons. The van der Waals surface area contributed by atoms with Crippen LogP contribution in [0.1, 0.15) is 79.4 Å². The van der Waals surface area contributed by atoms with Gasteiger partial charge in [0.25, 0.3) is 23.3 Å². The van der Waals surface area contributed by atoms with Crippen LogP contribution in [0.5, 0.6) is 0 Å². The second kappa shape index (κ2) is 14.3. The van der Waals surface area contributed by atoms with E-state index in [4.69, 9.17) is 0 Å². The minimum Gasteiger partial charge on any atom is -0.351 e. The highest BCUT2D eigenvalue weighted by molar-refractivity contribution is 7.10. The third kappa shape index (κ3) is 8.05. The van der Waals surface area contributed by atoms with Gasteiger partial charge in [0.1, 0.15) is 27.1 Å². The van der Waals surface area contributed by atoms with Crippen LogP contribution >= 0.6 is 22.7 Å². The number of amides is 4. The Kier molecular flexibility index (Phi) is 10.1. The number of aromatic amines is 1. The minimum atomic E-state index is -0.593. The van der Waals surface area contributed by atoms with Gasteiger partial charge in [-0.05, 0) is 24.3 Å². The van der Waals surface area contributed by atoms with Crippen molar-refractivity contribution < 1.29 is 19.2 Å². The number of fused-ring (bicyclic) bond motifs is 4. The van der Waals surface area contributed by atoms with E-state index in [0.717, 1.165) is 11.8 Å². The van der Waals surface area contributed by atoms with Gasteiger partial charge in [0.15, 0.2) is 0 Å². The standard InChI is InChI=1S/C30H32N8O5S2/c1-17(2)25-29-36-21(15-45-29)26(41)32-9-6-10-38(30(43)20-12-31-13-23(39)34-20)14-24(40)33-19(11-18-7-4-3-5-8-18)28-35-22(16-44-28)27(42)37-25/h3-5,7-8,12-13,15-17,19,25H,6,9-11,14H2,1-2H3,(H,32,41)(H,33,40)(H,34,39)(H,37,42)/t19-,25-/m0/s1. The molecule has 0 saturated heterocycles. The van der Waals surface area contributed by atoms with E-state index in [0.29, 0.717) is 22.9 Å².